The standard InChI is InChI=1S/C34H25F9O2/c1-2-3-4-5-6-22-11-15-26(28(36)17-22)33(40,41)44-24-12-9-21(10-13-24)7-8-23-18-30(38)32(31(39)19-23)34(42,43)45-25-14-16-27(35)29(37)20-25/h9-20H,2-6H2,1H3. The highest BCUT2D eigenvalue weighted by molar-refractivity contribution is 5.46. The van der Waals surface area contributed by atoms with Crippen LogP contribution in [0.15, 0.2) is 72.8 Å². The van der Waals surface area contributed by atoms with Crippen LogP contribution in [0.5, 0.6) is 11.5 Å². The van der Waals surface area contributed by atoms with Crippen LogP contribution in [0.25, 0.3) is 0 Å². The Balaban J connectivity index is 1.44. The zero-order valence-corrected chi connectivity index (χ0v) is 23.7. The molecule has 4 aromatic carbocycles. The third-order valence-corrected chi connectivity index (χ3v) is 6.59. The highest BCUT2D eigenvalue weighted by Crippen LogP contribution is 2.36. The van der Waals surface area contributed by atoms with Crippen LogP contribution in [0.2, 0.25) is 0 Å². The van der Waals surface area contributed by atoms with Crippen molar-refractivity contribution >= 4 is 0 Å². The summed E-state index contributed by atoms with van der Waals surface area (Å²) in [6.45, 7) is 2.06. The molecule has 2 nitrogen and oxygen atoms in total. The van der Waals surface area contributed by atoms with Gasteiger partial charge >= 0.3 is 12.2 Å². The van der Waals surface area contributed by atoms with Gasteiger partial charge < -0.3 is 9.47 Å². The summed E-state index contributed by atoms with van der Waals surface area (Å²) in [4.78, 5) is 0. The lowest BCUT2D eigenvalue weighted by atomic mass is 10.0. The first-order valence-electron chi connectivity index (χ1n) is 13.8. The number of alkyl halides is 4. The molecule has 0 fully saturated rings. The van der Waals surface area contributed by atoms with Crippen molar-refractivity contribution in [3.05, 3.63) is 130 Å². The Morgan fingerprint density at radius 3 is 1.80 bits per heavy atom. The largest absolute Gasteiger partial charge is 0.432 e. The molecule has 0 N–H and O–H groups in total. The molecule has 11 heteroatoms. The average Bonchev–Trinajstić information content (AvgIpc) is 2.96. The van der Waals surface area contributed by atoms with Gasteiger partial charge in [0.2, 0.25) is 0 Å². The van der Waals surface area contributed by atoms with Gasteiger partial charge in [0.05, 0.1) is 5.56 Å². The van der Waals surface area contributed by atoms with E-state index in [0.717, 1.165) is 49.9 Å². The minimum absolute atomic E-state index is 0.182. The number of hydrogen-bond donors (Lipinski definition) is 0. The van der Waals surface area contributed by atoms with Crippen molar-refractivity contribution in [1.29, 1.82) is 0 Å². The fourth-order valence-corrected chi connectivity index (χ4v) is 4.32. The van der Waals surface area contributed by atoms with E-state index >= 15 is 0 Å². The maximum atomic E-state index is 14.7. The molecule has 0 saturated carbocycles. The van der Waals surface area contributed by atoms with E-state index in [1.807, 2.05) is 0 Å². The molecule has 4 rings (SSSR count). The van der Waals surface area contributed by atoms with Crippen molar-refractivity contribution in [3.8, 4) is 23.3 Å². The normalized spacial score (nSPS) is 11.6. The molecule has 0 saturated heterocycles. The van der Waals surface area contributed by atoms with Crippen LogP contribution < -0.4 is 9.47 Å². The summed E-state index contributed by atoms with van der Waals surface area (Å²) in [5.41, 5.74) is -2.28. The van der Waals surface area contributed by atoms with E-state index in [1.54, 1.807) is 0 Å². The SMILES string of the molecule is CCCCCCc1ccc(C(F)(F)Oc2ccc(C#Cc3cc(F)c(C(F)(F)Oc4ccc(F)c(F)c4)c(F)c3)cc2)c(F)c1. The molecule has 236 valence electrons. The van der Waals surface area contributed by atoms with E-state index in [9.17, 15) is 39.5 Å². The maximum absolute atomic E-state index is 14.7. The molecule has 0 unspecified atom stereocenters. The second kappa shape index (κ2) is 14.0. The molecule has 4 aromatic rings. The number of ether oxygens (including phenoxy) is 2. The molecule has 0 amide bonds. The topological polar surface area (TPSA) is 18.5 Å². The fourth-order valence-electron chi connectivity index (χ4n) is 4.32. The summed E-state index contributed by atoms with van der Waals surface area (Å²) in [7, 11) is 0. The minimum Gasteiger partial charge on any atom is -0.429 e. The van der Waals surface area contributed by atoms with E-state index in [1.165, 1.54) is 18.2 Å². The van der Waals surface area contributed by atoms with Crippen molar-refractivity contribution in [2.24, 2.45) is 0 Å². The van der Waals surface area contributed by atoms with Gasteiger partial charge in [0.1, 0.15) is 34.5 Å². The zero-order valence-electron chi connectivity index (χ0n) is 23.7. The monoisotopic (exact) mass is 636 g/mol. The van der Waals surface area contributed by atoms with Crippen molar-refractivity contribution in [2.45, 2.75) is 51.2 Å². The Kier molecular flexibility index (Phi) is 10.4. The number of benzene rings is 4. The van der Waals surface area contributed by atoms with Gasteiger partial charge in [0.15, 0.2) is 11.6 Å². The third-order valence-electron chi connectivity index (χ3n) is 6.59. The lowest BCUT2D eigenvalue weighted by Gasteiger charge is -2.19. The van der Waals surface area contributed by atoms with E-state index in [0.29, 0.717) is 42.3 Å². The van der Waals surface area contributed by atoms with Gasteiger partial charge in [-0.25, -0.2) is 22.0 Å². The predicted octanol–water partition coefficient (Wildman–Crippen LogP) is 10.2. The number of unbranched alkanes of at least 4 members (excludes halogenated alkanes) is 3. The summed E-state index contributed by atoms with van der Waals surface area (Å²) >= 11 is 0. The van der Waals surface area contributed by atoms with Crippen molar-refractivity contribution in [3.63, 3.8) is 0 Å². The predicted molar refractivity (Wildman–Crippen MR) is 148 cm³/mol. The maximum Gasteiger partial charge on any atom is 0.432 e. The molecule has 0 atom stereocenters. The van der Waals surface area contributed by atoms with Crippen molar-refractivity contribution in [2.75, 3.05) is 0 Å². The summed E-state index contributed by atoms with van der Waals surface area (Å²) in [5, 5.41) is 0. The van der Waals surface area contributed by atoms with E-state index < -0.39 is 58.2 Å². The first-order valence-corrected chi connectivity index (χ1v) is 13.8. The van der Waals surface area contributed by atoms with Crippen LogP contribution in [0.4, 0.5) is 39.5 Å². The van der Waals surface area contributed by atoms with Crippen LogP contribution in [0.3, 0.4) is 0 Å². The first-order chi connectivity index (χ1) is 21.3. The Morgan fingerprint density at radius 1 is 0.556 bits per heavy atom. The van der Waals surface area contributed by atoms with Crippen molar-refractivity contribution in [1.82, 2.24) is 0 Å². The Bertz CT molecular complexity index is 1680. The lowest BCUT2D eigenvalue weighted by molar-refractivity contribution is -0.189. The average molecular weight is 637 g/mol. The van der Waals surface area contributed by atoms with E-state index in [4.69, 9.17) is 4.74 Å². The molecular weight excluding hydrogens is 611 g/mol. The molecule has 0 heterocycles. The summed E-state index contributed by atoms with van der Waals surface area (Å²) in [6.07, 6.45) is -4.19. The molecule has 0 aromatic heterocycles. The number of rotatable bonds is 11. The van der Waals surface area contributed by atoms with Gasteiger partial charge in [-0.1, -0.05) is 44.1 Å². The molecule has 0 bridgehead atoms. The van der Waals surface area contributed by atoms with Gasteiger partial charge in [-0.3, -0.25) is 0 Å². The van der Waals surface area contributed by atoms with Gasteiger partial charge in [-0.15, -0.1) is 0 Å². The minimum atomic E-state index is -4.60. The molecule has 0 radical (unpaired) electrons. The van der Waals surface area contributed by atoms with Crippen LogP contribution in [-0.4, -0.2) is 0 Å². The molecule has 0 spiro atoms. The second-order valence-electron chi connectivity index (χ2n) is 10.0. The summed E-state index contributed by atoms with van der Waals surface area (Å²) < 4.78 is 137. The molecule has 0 aliphatic carbocycles. The smallest absolute Gasteiger partial charge is 0.429 e. The first kappa shape index (κ1) is 33.3. The lowest BCUT2D eigenvalue weighted by Crippen LogP contribution is -2.25. The van der Waals surface area contributed by atoms with Crippen molar-refractivity contribution < 1.29 is 49.0 Å². The Hall–Kier alpha value is -4.59. The van der Waals surface area contributed by atoms with Gasteiger partial charge in [-0.2, -0.15) is 17.6 Å². The van der Waals surface area contributed by atoms with Crippen LogP contribution in [0, 0.1) is 40.9 Å². The summed E-state index contributed by atoms with van der Waals surface area (Å²) in [6, 6.07) is 10.7. The highest BCUT2D eigenvalue weighted by Gasteiger charge is 2.41. The molecular formula is C34H25F9O2. The van der Waals surface area contributed by atoms with Crippen LogP contribution in [0.1, 0.15) is 60.4 Å². The third kappa shape index (κ3) is 8.53. The van der Waals surface area contributed by atoms with E-state index in [2.05, 4.69) is 23.5 Å². The number of halogens is 9. The van der Waals surface area contributed by atoms with Gasteiger partial charge in [-0.05, 0) is 79.1 Å². The quantitative estimate of drug-likeness (QED) is 0.0927. The zero-order chi connectivity index (χ0) is 32.8. The van der Waals surface area contributed by atoms with Crippen LogP contribution >= 0.6 is 0 Å². The molecule has 0 aliphatic heterocycles. The Labute approximate surface area is 253 Å². The highest BCUT2D eigenvalue weighted by atomic mass is 19.3. The number of aryl methyl sites for hydroxylation is 1. The van der Waals surface area contributed by atoms with E-state index in [-0.39, 0.29) is 16.9 Å². The fraction of sp³-hybridized carbons (Fsp3) is 0.235. The van der Waals surface area contributed by atoms with Gasteiger partial charge in [0, 0.05) is 17.2 Å². The molecule has 45 heavy (non-hydrogen) atoms. The Morgan fingerprint density at radius 2 is 1.18 bits per heavy atom. The summed E-state index contributed by atoms with van der Waals surface area (Å²) in [5.74, 6) is -3.72. The molecule has 0 aliphatic rings. The number of hydrogen-bond acceptors (Lipinski definition) is 2. The van der Waals surface area contributed by atoms with Gasteiger partial charge in [0.25, 0.3) is 0 Å². The second-order valence-corrected chi connectivity index (χ2v) is 10.0. The van der Waals surface area contributed by atoms with Crippen LogP contribution in [-0.2, 0) is 18.6 Å².